The molecule has 0 atom stereocenters. The van der Waals surface area contributed by atoms with Gasteiger partial charge in [0.2, 0.25) is 0 Å². The molecule has 7 heteroatoms. The molecule has 0 amide bonds. The lowest BCUT2D eigenvalue weighted by Crippen LogP contribution is -2.09. The highest BCUT2D eigenvalue weighted by molar-refractivity contribution is 5.52. The topological polar surface area (TPSA) is 56.7 Å². The molecule has 0 aliphatic rings. The minimum atomic E-state index is -4.47. The molecule has 4 nitrogen and oxygen atoms in total. The number of pyridine rings is 1. The van der Waals surface area contributed by atoms with Gasteiger partial charge in [-0.1, -0.05) is 0 Å². The van der Waals surface area contributed by atoms with E-state index in [4.69, 9.17) is 5.73 Å². The molecular formula is C10H9F3N4. The van der Waals surface area contributed by atoms with Crippen LogP contribution in [0.2, 0.25) is 0 Å². The van der Waals surface area contributed by atoms with Crippen molar-refractivity contribution < 1.29 is 13.2 Å². The molecule has 2 N–H and O–H groups in total. The van der Waals surface area contributed by atoms with Crippen LogP contribution in [0.5, 0.6) is 0 Å². The highest BCUT2D eigenvalue weighted by atomic mass is 19.4. The summed E-state index contributed by atoms with van der Waals surface area (Å²) < 4.78 is 38.1. The number of aryl methyl sites for hydroxylation is 1. The van der Waals surface area contributed by atoms with E-state index < -0.39 is 11.9 Å². The SMILES string of the molecule is Cc1ccc(N)c(-n2ccc(C(F)(F)F)n2)n1. The normalized spacial score (nSPS) is 11.8. The van der Waals surface area contributed by atoms with Crippen LogP contribution in [-0.2, 0) is 6.18 Å². The predicted molar refractivity (Wildman–Crippen MR) is 55.5 cm³/mol. The smallest absolute Gasteiger partial charge is 0.396 e. The third-order valence-corrected chi connectivity index (χ3v) is 2.14. The molecule has 0 bridgehead atoms. The van der Waals surface area contributed by atoms with Crippen molar-refractivity contribution in [3.63, 3.8) is 0 Å². The number of halogens is 3. The lowest BCUT2D eigenvalue weighted by molar-refractivity contribution is -0.141. The Morgan fingerprint density at radius 3 is 2.53 bits per heavy atom. The maximum absolute atomic E-state index is 12.4. The molecule has 2 aromatic rings. The molecule has 90 valence electrons. The van der Waals surface area contributed by atoms with Gasteiger partial charge in [0.1, 0.15) is 0 Å². The maximum Gasteiger partial charge on any atom is 0.435 e. The summed E-state index contributed by atoms with van der Waals surface area (Å²) in [5.74, 6) is 0.195. The van der Waals surface area contributed by atoms with Gasteiger partial charge in [0.25, 0.3) is 0 Å². The summed E-state index contributed by atoms with van der Waals surface area (Å²) in [6.07, 6.45) is -3.29. The van der Waals surface area contributed by atoms with Crippen LogP contribution in [0.1, 0.15) is 11.4 Å². The van der Waals surface area contributed by atoms with Crippen molar-refractivity contribution in [1.82, 2.24) is 14.8 Å². The summed E-state index contributed by atoms with van der Waals surface area (Å²) in [6.45, 7) is 1.72. The highest BCUT2D eigenvalue weighted by Gasteiger charge is 2.33. The summed E-state index contributed by atoms with van der Waals surface area (Å²) in [5, 5.41) is 3.40. The van der Waals surface area contributed by atoms with Crippen LogP contribution in [0.15, 0.2) is 24.4 Å². The van der Waals surface area contributed by atoms with Crippen LogP contribution >= 0.6 is 0 Å². The van der Waals surface area contributed by atoms with Gasteiger partial charge < -0.3 is 5.73 Å². The van der Waals surface area contributed by atoms with Crippen LogP contribution in [0.25, 0.3) is 5.82 Å². The van der Waals surface area contributed by atoms with Crippen LogP contribution in [0, 0.1) is 6.92 Å². The second kappa shape index (κ2) is 3.76. The fourth-order valence-electron chi connectivity index (χ4n) is 1.33. The highest BCUT2D eigenvalue weighted by Crippen LogP contribution is 2.28. The van der Waals surface area contributed by atoms with E-state index in [1.807, 2.05) is 0 Å². The zero-order valence-electron chi connectivity index (χ0n) is 8.86. The molecule has 0 saturated heterocycles. The molecule has 0 unspecified atom stereocenters. The van der Waals surface area contributed by atoms with E-state index in [1.165, 1.54) is 6.20 Å². The molecule has 2 rings (SSSR count). The van der Waals surface area contributed by atoms with E-state index in [9.17, 15) is 13.2 Å². The first-order valence-corrected chi connectivity index (χ1v) is 4.74. The minimum Gasteiger partial charge on any atom is -0.396 e. The van der Waals surface area contributed by atoms with Crippen molar-refractivity contribution in [2.75, 3.05) is 5.73 Å². The summed E-state index contributed by atoms with van der Waals surface area (Å²) in [6, 6.07) is 4.13. The largest absolute Gasteiger partial charge is 0.435 e. The lowest BCUT2D eigenvalue weighted by Gasteiger charge is -2.05. The fourth-order valence-corrected chi connectivity index (χ4v) is 1.33. The van der Waals surface area contributed by atoms with Gasteiger partial charge in [0, 0.05) is 11.9 Å². The average Bonchev–Trinajstić information content (AvgIpc) is 2.70. The van der Waals surface area contributed by atoms with E-state index in [1.54, 1.807) is 19.1 Å². The Labute approximate surface area is 94.9 Å². The van der Waals surface area contributed by atoms with Gasteiger partial charge >= 0.3 is 6.18 Å². The molecule has 0 radical (unpaired) electrons. The van der Waals surface area contributed by atoms with Crippen LogP contribution in [0.3, 0.4) is 0 Å². The van der Waals surface area contributed by atoms with Crippen LogP contribution in [0.4, 0.5) is 18.9 Å². The summed E-state index contributed by atoms with van der Waals surface area (Å²) in [7, 11) is 0. The van der Waals surface area contributed by atoms with Gasteiger partial charge in [-0.05, 0) is 25.1 Å². The monoisotopic (exact) mass is 242 g/mol. The Kier molecular flexibility index (Phi) is 2.53. The number of hydrogen-bond donors (Lipinski definition) is 1. The number of rotatable bonds is 1. The molecular weight excluding hydrogens is 233 g/mol. The van der Waals surface area contributed by atoms with Gasteiger partial charge in [-0.2, -0.15) is 18.3 Å². The molecule has 17 heavy (non-hydrogen) atoms. The van der Waals surface area contributed by atoms with Gasteiger partial charge in [0.05, 0.1) is 5.69 Å². The average molecular weight is 242 g/mol. The predicted octanol–water partition coefficient (Wildman–Crippen LogP) is 2.18. The Hall–Kier alpha value is -2.05. The van der Waals surface area contributed by atoms with Crippen LogP contribution in [-0.4, -0.2) is 14.8 Å². The third kappa shape index (κ3) is 2.22. The molecule has 0 aliphatic carbocycles. The quantitative estimate of drug-likeness (QED) is 0.833. The Morgan fingerprint density at radius 2 is 1.94 bits per heavy atom. The van der Waals surface area contributed by atoms with Crippen molar-refractivity contribution in [2.45, 2.75) is 13.1 Å². The number of hydrogen-bond acceptors (Lipinski definition) is 3. The number of alkyl halides is 3. The van der Waals surface area contributed by atoms with Gasteiger partial charge in [-0.3, -0.25) is 0 Å². The van der Waals surface area contributed by atoms with E-state index in [0.29, 0.717) is 5.69 Å². The molecule has 2 heterocycles. The van der Waals surface area contributed by atoms with Crippen molar-refractivity contribution in [1.29, 1.82) is 0 Å². The molecule has 0 saturated carbocycles. The van der Waals surface area contributed by atoms with Crippen molar-refractivity contribution in [3.05, 3.63) is 35.8 Å². The Bertz CT molecular complexity index is 545. The minimum absolute atomic E-state index is 0.195. The van der Waals surface area contributed by atoms with E-state index in [2.05, 4.69) is 10.1 Å². The van der Waals surface area contributed by atoms with E-state index >= 15 is 0 Å². The third-order valence-electron chi connectivity index (χ3n) is 2.14. The summed E-state index contributed by atoms with van der Waals surface area (Å²) in [5.41, 5.74) is 5.59. The van der Waals surface area contributed by atoms with Crippen molar-refractivity contribution in [3.8, 4) is 5.82 Å². The summed E-state index contributed by atoms with van der Waals surface area (Å²) >= 11 is 0. The maximum atomic E-state index is 12.4. The first-order valence-electron chi connectivity index (χ1n) is 4.74. The van der Waals surface area contributed by atoms with Gasteiger partial charge in [0.15, 0.2) is 11.5 Å². The van der Waals surface area contributed by atoms with Crippen molar-refractivity contribution in [2.24, 2.45) is 0 Å². The Balaban J connectivity index is 2.47. The standard InChI is InChI=1S/C10H9F3N4/c1-6-2-3-7(14)9(15-6)17-5-4-8(16-17)10(11,12)13/h2-5H,14H2,1H3. The number of nitrogen functional groups attached to an aromatic ring is 1. The number of anilines is 1. The van der Waals surface area contributed by atoms with Gasteiger partial charge in [-0.25, -0.2) is 9.67 Å². The molecule has 2 aromatic heterocycles. The first kappa shape index (κ1) is 11.4. The van der Waals surface area contributed by atoms with Gasteiger partial charge in [-0.15, -0.1) is 0 Å². The zero-order chi connectivity index (χ0) is 12.6. The summed E-state index contributed by atoms with van der Waals surface area (Å²) in [4.78, 5) is 4.05. The van der Waals surface area contributed by atoms with E-state index in [-0.39, 0.29) is 11.5 Å². The zero-order valence-corrected chi connectivity index (χ0v) is 8.86. The molecule has 0 aliphatic heterocycles. The number of aromatic nitrogens is 3. The van der Waals surface area contributed by atoms with Crippen LogP contribution < -0.4 is 5.73 Å². The lowest BCUT2D eigenvalue weighted by atomic mass is 10.3. The second-order valence-electron chi connectivity index (χ2n) is 3.51. The van der Waals surface area contributed by atoms with Crippen molar-refractivity contribution >= 4 is 5.69 Å². The number of nitrogens with zero attached hydrogens (tertiary/aromatic N) is 3. The number of nitrogens with two attached hydrogens (primary N) is 1. The van der Waals surface area contributed by atoms with E-state index in [0.717, 1.165) is 10.7 Å². The molecule has 0 fully saturated rings. The molecule has 0 spiro atoms. The fraction of sp³-hybridized carbons (Fsp3) is 0.200. The Morgan fingerprint density at radius 1 is 1.24 bits per heavy atom. The molecule has 0 aromatic carbocycles. The second-order valence-corrected chi connectivity index (χ2v) is 3.51. The first-order chi connectivity index (χ1) is 7.88.